The minimum Gasteiger partial charge on any atom is -0.401 e. The Bertz CT molecular complexity index is 337. The van der Waals surface area contributed by atoms with Crippen molar-refractivity contribution >= 4 is 12.7 Å². The van der Waals surface area contributed by atoms with Crippen LogP contribution >= 0.6 is 0 Å². The van der Waals surface area contributed by atoms with E-state index in [2.05, 4.69) is 5.10 Å². The third-order valence-corrected chi connectivity index (χ3v) is 2.69. The van der Waals surface area contributed by atoms with E-state index in [1.165, 1.54) is 0 Å². The van der Waals surface area contributed by atoms with Gasteiger partial charge in [0.05, 0.1) is 17.3 Å². The lowest BCUT2D eigenvalue weighted by Gasteiger charge is -2.21. The molecule has 76 valence electrons. The molecule has 0 aliphatic carbocycles. The van der Waals surface area contributed by atoms with Gasteiger partial charge in [0.1, 0.15) is 0 Å². The molecular formula is C9H15BN2O2. The molecule has 1 fully saturated rings. The first-order chi connectivity index (χ1) is 6.49. The molecule has 1 atom stereocenters. The Labute approximate surface area is 84.3 Å². The molecule has 1 aromatic rings. The maximum Gasteiger partial charge on any atom is 0.516 e. The third-order valence-electron chi connectivity index (χ3n) is 2.69. The second-order valence-electron chi connectivity index (χ2n) is 4.25. The Morgan fingerprint density at radius 3 is 2.71 bits per heavy atom. The fraction of sp³-hybridized carbons (Fsp3) is 0.667. The zero-order valence-corrected chi connectivity index (χ0v) is 9.02. The van der Waals surface area contributed by atoms with Gasteiger partial charge in [-0.1, -0.05) is 0 Å². The number of hydrogen-bond acceptors (Lipinski definition) is 3. The molecule has 1 unspecified atom stereocenters. The molecule has 0 spiro atoms. The standard InChI is InChI=1S/C9H15BN2O2/c1-7-9(2,3)14-10(13-7)8-5-6-12(4)11-8/h5-7H,1-4H3. The normalized spacial score (nSPS) is 25.7. The molecule has 1 aromatic heterocycles. The third kappa shape index (κ3) is 1.57. The van der Waals surface area contributed by atoms with Gasteiger partial charge in [-0.15, -0.1) is 0 Å². The number of aromatic nitrogens is 2. The molecule has 0 aromatic carbocycles. The summed E-state index contributed by atoms with van der Waals surface area (Å²) in [6.07, 6.45) is 1.98. The van der Waals surface area contributed by atoms with Crippen molar-refractivity contribution in [3.05, 3.63) is 12.3 Å². The topological polar surface area (TPSA) is 36.3 Å². The van der Waals surface area contributed by atoms with Crippen LogP contribution in [0, 0.1) is 0 Å². The highest BCUT2D eigenvalue weighted by Crippen LogP contribution is 2.26. The van der Waals surface area contributed by atoms with Crippen molar-refractivity contribution in [3.8, 4) is 0 Å². The summed E-state index contributed by atoms with van der Waals surface area (Å²) in [7, 11) is 1.56. The number of aryl methyl sites for hydroxylation is 1. The second kappa shape index (κ2) is 3.10. The largest absolute Gasteiger partial charge is 0.516 e. The Morgan fingerprint density at radius 1 is 1.57 bits per heavy atom. The molecule has 5 heteroatoms. The van der Waals surface area contributed by atoms with Crippen LogP contribution < -0.4 is 5.59 Å². The summed E-state index contributed by atoms with van der Waals surface area (Å²) in [5, 5.41) is 4.26. The summed E-state index contributed by atoms with van der Waals surface area (Å²) in [5.74, 6) is 0. The molecule has 0 amide bonds. The maximum absolute atomic E-state index is 5.76. The van der Waals surface area contributed by atoms with Gasteiger partial charge in [-0.25, -0.2) is 0 Å². The van der Waals surface area contributed by atoms with Crippen LogP contribution in [-0.2, 0) is 16.4 Å². The zero-order chi connectivity index (χ0) is 10.3. The molecule has 0 bridgehead atoms. The van der Waals surface area contributed by atoms with E-state index in [4.69, 9.17) is 9.31 Å². The fourth-order valence-corrected chi connectivity index (χ4v) is 1.44. The van der Waals surface area contributed by atoms with E-state index in [-0.39, 0.29) is 18.8 Å². The Kier molecular flexibility index (Phi) is 2.16. The molecule has 0 radical (unpaired) electrons. The molecule has 2 rings (SSSR count). The van der Waals surface area contributed by atoms with Crippen LogP contribution in [0.15, 0.2) is 12.3 Å². The molecule has 1 aliphatic heterocycles. The van der Waals surface area contributed by atoms with Gasteiger partial charge in [0.15, 0.2) is 0 Å². The lowest BCUT2D eigenvalue weighted by Crippen LogP contribution is -2.35. The molecule has 1 saturated heterocycles. The highest BCUT2D eigenvalue weighted by molar-refractivity contribution is 6.60. The van der Waals surface area contributed by atoms with E-state index in [9.17, 15) is 0 Å². The minimum atomic E-state index is -0.318. The van der Waals surface area contributed by atoms with Crippen molar-refractivity contribution in [2.75, 3.05) is 0 Å². The molecule has 14 heavy (non-hydrogen) atoms. The van der Waals surface area contributed by atoms with E-state index in [1.807, 2.05) is 40.1 Å². The van der Waals surface area contributed by atoms with E-state index >= 15 is 0 Å². The van der Waals surface area contributed by atoms with Crippen LogP contribution in [0.2, 0.25) is 0 Å². The average molecular weight is 194 g/mol. The summed E-state index contributed by atoms with van der Waals surface area (Å²) in [6, 6.07) is 1.92. The van der Waals surface area contributed by atoms with Crippen LogP contribution in [0.3, 0.4) is 0 Å². The summed E-state index contributed by atoms with van der Waals surface area (Å²) in [4.78, 5) is 0. The first-order valence-electron chi connectivity index (χ1n) is 4.82. The van der Waals surface area contributed by atoms with Crippen molar-refractivity contribution in [3.63, 3.8) is 0 Å². The van der Waals surface area contributed by atoms with E-state index in [0.29, 0.717) is 0 Å². The van der Waals surface area contributed by atoms with Gasteiger partial charge in [0.25, 0.3) is 0 Å². The Morgan fingerprint density at radius 2 is 2.29 bits per heavy atom. The van der Waals surface area contributed by atoms with Gasteiger partial charge in [-0.2, -0.15) is 5.10 Å². The highest BCUT2D eigenvalue weighted by Gasteiger charge is 2.44. The minimum absolute atomic E-state index is 0.0921. The van der Waals surface area contributed by atoms with E-state index in [1.54, 1.807) is 4.68 Å². The number of rotatable bonds is 1. The highest BCUT2D eigenvalue weighted by atomic mass is 16.7. The van der Waals surface area contributed by atoms with Crippen molar-refractivity contribution in [1.29, 1.82) is 0 Å². The molecule has 0 saturated carbocycles. The predicted octanol–water partition coefficient (Wildman–Crippen LogP) is 0.329. The lowest BCUT2D eigenvalue weighted by atomic mass is 9.85. The summed E-state index contributed by atoms with van der Waals surface area (Å²) in [5.41, 5.74) is 0.604. The molecule has 2 heterocycles. The average Bonchev–Trinajstić information content (AvgIpc) is 2.58. The summed E-state index contributed by atoms with van der Waals surface area (Å²) in [6.45, 7) is 6.07. The van der Waals surface area contributed by atoms with Crippen LogP contribution in [0.5, 0.6) is 0 Å². The lowest BCUT2D eigenvalue weighted by molar-refractivity contribution is 0.0842. The monoisotopic (exact) mass is 194 g/mol. The SMILES string of the molecule is CC1OB(c2ccn(C)n2)OC1(C)C. The molecule has 1 aliphatic rings. The van der Waals surface area contributed by atoms with Crippen LogP contribution in [0.4, 0.5) is 0 Å². The smallest absolute Gasteiger partial charge is 0.401 e. The molecular weight excluding hydrogens is 179 g/mol. The number of nitrogens with zero attached hydrogens (tertiary/aromatic N) is 2. The zero-order valence-electron chi connectivity index (χ0n) is 9.02. The van der Waals surface area contributed by atoms with E-state index in [0.717, 1.165) is 5.59 Å². The fourth-order valence-electron chi connectivity index (χ4n) is 1.44. The maximum atomic E-state index is 5.76. The van der Waals surface area contributed by atoms with Crippen LogP contribution in [0.25, 0.3) is 0 Å². The summed E-state index contributed by atoms with van der Waals surface area (Å²) < 4.78 is 13.2. The first-order valence-corrected chi connectivity index (χ1v) is 4.82. The van der Waals surface area contributed by atoms with Crippen molar-refractivity contribution < 1.29 is 9.31 Å². The van der Waals surface area contributed by atoms with Crippen molar-refractivity contribution in [2.45, 2.75) is 32.5 Å². The first kappa shape index (κ1) is 9.74. The van der Waals surface area contributed by atoms with Gasteiger partial charge in [0, 0.05) is 13.2 Å². The van der Waals surface area contributed by atoms with Gasteiger partial charge < -0.3 is 9.31 Å². The van der Waals surface area contributed by atoms with Gasteiger partial charge in [-0.05, 0) is 26.8 Å². The van der Waals surface area contributed by atoms with E-state index < -0.39 is 0 Å². The van der Waals surface area contributed by atoms with Crippen LogP contribution in [-0.4, -0.2) is 28.6 Å². The van der Waals surface area contributed by atoms with Crippen molar-refractivity contribution in [1.82, 2.24) is 9.78 Å². The van der Waals surface area contributed by atoms with Crippen LogP contribution in [0.1, 0.15) is 20.8 Å². The molecule has 0 N–H and O–H groups in total. The summed E-state index contributed by atoms with van der Waals surface area (Å²) >= 11 is 0. The molecule has 4 nitrogen and oxygen atoms in total. The number of hydrogen-bond donors (Lipinski definition) is 0. The Hall–Kier alpha value is -0.805. The van der Waals surface area contributed by atoms with Crippen molar-refractivity contribution in [2.24, 2.45) is 7.05 Å². The van der Waals surface area contributed by atoms with Gasteiger partial charge in [-0.3, -0.25) is 4.68 Å². The van der Waals surface area contributed by atoms with Gasteiger partial charge >= 0.3 is 7.12 Å². The second-order valence-corrected chi connectivity index (χ2v) is 4.25. The quantitative estimate of drug-likeness (QED) is 0.604. The van der Waals surface area contributed by atoms with Gasteiger partial charge in [0.2, 0.25) is 0 Å². The Balaban J connectivity index is 2.16. The predicted molar refractivity (Wildman–Crippen MR) is 54.3 cm³/mol.